The van der Waals surface area contributed by atoms with Crippen LogP contribution in [-0.4, -0.2) is 32.6 Å². The molecule has 1 aromatic rings. The molecule has 2 saturated heterocycles. The molecular weight excluding hydrogens is 336 g/mol. The van der Waals surface area contributed by atoms with Crippen molar-refractivity contribution in [2.75, 3.05) is 0 Å². The Bertz CT molecular complexity index is 591. The number of fused-ring (bicyclic) bond motifs is 2. The molecule has 2 fully saturated rings. The van der Waals surface area contributed by atoms with Gasteiger partial charge in [0, 0.05) is 23.0 Å². The van der Waals surface area contributed by atoms with E-state index in [1.807, 2.05) is 11.8 Å². The summed E-state index contributed by atoms with van der Waals surface area (Å²) in [7, 11) is 0. The minimum Gasteiger partial charge on any atom is -0.332 e. The highest BCUT2D eigenvalue weighted by atomic mass is 79.9. The molecule has 0 aliphatic carbocycles. The number of amides is 1. The number of carbonyl (C=O) groups excluding carboxylic acids is 1. The molecule has 1 amide bonds. The fourth-order valence-electron chi connectivity index (χ4n) is 3.56. The Hall–Kier alpha value is -1.43. The monoisotopic (exact) mass is 352 g/mol. The number of piperidine rings is 1. The van der Waals surface area contributed by atoms with Crippen LogP contribution in [0.25, 0.3) is 0 Å². The maximum atomic E-state index is 12.9. The highest BCUT2D eigenvalue weighted by Crippen LogP contribution is 2.40. The van der Waals surface area contributed by atoms with Gasteiger partial charge in [-0.05, 0) is 44.2 Å². The first-order valence-corrected chi connectivity index (χ1v) is 8.10. The highest BCUT2D eigenvalue weighted by Gasteiger charge is 2.43. The molecule has 0 saturated carbocycles. The van der Waals surface area contributed by atoms with E-state index < -0.39 is 4.92 Å². The van der Waals surface area contributed by atoms with Gasteiger partial charge in [0.15, 0.2) is 0 Å². The number of nitro groups is 1. The quantitative estimate of drug-likeness (QED) is 0.465. The second-order valence-electron chi connectivity index (χ2n) is 5.94. The van der Waals surface area contributed by atoms with Gasteiger partial charge in [-0.1, -0.05) is 22.0 Å². The van der Waals surface area contributed by atoms with Crippen molar-refractivity contribution in [3.05, 3.63) is 39.4 Å². The SMILES string of the molecule is Cc1ccc([N+](=O)[O-])c(C(=O)N2C3CCC2CC(Br)C3)c1. The van der Waals surface area contributed by atoms with Crippen molar-refractivity contribution in [3.8, 4) is 0 Å². The number of hydrogen-bond acceptors (Lipinski definition) is 3. The number of halogens is 1. The summed E-state index contributed by atoms with van der Waals surface area (Å²) in [6.07, 6.45) is 3.86. The van der Waals surface area contributed by atoms with E-state index in [4.69, 9.17) is 0 Å². The van der Waals surface area contributed by atoms with Gasteiger partial charge in [0.25, 0.3) is 11.6 Å². The molecular formula is C15H17BrN2O3. The van der Waals surface area contributed by atoms with E-state index in [1.54, 1.807) is 12.1 Å². The lowest BCUT2D eigenvalue weighted by atomic mass is 10.00. The smallest absolute Gasteiger partial charge is 0.282 e. The molecule has 21 heavy (non-hydrogen) atoms. The summed E-state index contributed by atoms with van der Waals surface area (Å²) in [5.74, 6) is -0.183. The summed E-state index contributed by atoms with van der Waals surface area (Å²) >= 11 is 3.65. The number of hydrogen-bond donors (Lipinski definition) is 0. The summed E-state index contributed by atoms with van der Waals surface area (Å²) in [6, 6.07) is 5.16. The van der Waals surface area contributed by atoms with Crippen LogP contribution in [0.15, 0.2) is 18.2 Å². The van der Waals surface area contributed by atoms with Crippen molar-refractivity contribution in [1.82, 2.24) is 4.90 Å². The third-order valence-electron chi connectivity index (χ3n) is 4.49. The van der Waals surface area contributed by atoms with Gasteiger partial charge >= 0.3 is 0 Å². The van der Waals surface area contributed by atoms with Crippen LogP contribution in [0.1, 0.15) is 41.6 Å². The van der Waals surface area contributed by atoms with Crippen LogP contribution in [0.3, 0.4) is 0 Å². The molecule has 2 unspecified atom stereocenters. The largest absolute Gasteiger partial charge is 0.332 e. The van der Waals surface area contributed by atoms with Crippen LogP contribution < -0.4 is 0 Å². The number of carbonyl (C=O) groups is 1. The lowest BCUT2D eigenvalue weighted by Gasteiger charge is -2.37. The Labute approximate surface area is 131 Å². The van der Waals surface area contributed by atoms with Crippen LogP contribution in [0, 0.1) is 17.0 Å². The van der Waals surface area contributed by atoms with Gasteiger partial charge in [-0.2, -0.15) is 0 Å². The summed E-state index contributed by atoms with van der Waals surface area (Å²) in [5, 5.41) is 11.2. The molecule has 112 valence electrons. The average molecular weight is 353 g/mol. The van der Waals surface area contributed by atoms with Gasteiger partial charge in [0.05, 0.1) is 4.92 Å². The topological polar surface area (TPSA) is 63.5 Å². The fourth-order valence-corrected chi connectivity index (χ4v) is 4.42. The van der Waals surface area contributed by atoms with Crippen LogP contribution in [0.2, 0.25) is 0 Å². The maximum absolute atomic E-state index is 12.9. The van der Waals surface area contributed by atoms with Crippen molar-refractivity contribution in [3.63, 3.8) is 0 Å². The number of aryl methyl sites for hydroxylation is 1. The van der Waals surface area contributed by atoms with E-state index in [-0.39, 0.29) is 29.2 Å². The standard InChI is InChI=1S/C15H17BrN2O3/c1-9-2-5-14(18(20)21)13(6-9)15(19)17-11-3-4-12(17)8-10(16)7-11/h2,5-6,10-12H,3-4,7-8H2,1H3. The van der Waals surface area contributed by atoms with Crippen LogP contribution in [0.4, 0.5) is 5.69 Å². The molecule has 2 heterocycles. The van der Waals surface area contributed by atoms with Crippen molar-refractivity contribution in [2.24, 2.45) is 0 Å². The number of nitrogens with zero attached hydrogens (tertiary/aromatic N) is 2. The van der Waals surface area contributed by atoms with Crippen LogP contribution >= 0.6 is 15.9 Å². The second-order valence-corrected chi connectivity index (χ2v) is 7.24. The molecule has 2 aliphatic rings. The van der Waals surface area contributed by atoms with Crippen molar-refractivity contribution >= 4 is 27.5 Å². The number of alkyl halides is 1. The fraction of sp³-hybridized carbons (Fsp3) is 0.533. The third-order valence-corrected chi connectivity index (χ3v) is 5.24. The molecule has 0 radical (unpaired) electrons. The second kappa shape index (κ2) is 5.40. The summed E-state index contributed by atoms with van der Waals surface area (Å²) in [6.45, 7) is 1.85. The molecule has 3 rings (SSSR count). The van der Waals surface area contributed by atoms with Crippen molar-refractivity contribution in [2.45, 2.75) is 49.5 Å². The first-order valence-electron chi connectivity index (χ1n) is 7.19. The Kier molecular flexibility index (Phi) is 3.73. The van der Waals surface area contributed by atoms with E-state index in [9.17, 15) is 14.9 Å². The molecule has 2 atom stereocenters. The Morgan fingerprint density at radius 1 is 1.33 bits per heavy atom. The number of nitro benzene ring substituents is 1. The van der Waals surface area contributed by atoms with Crippen LogP contribution in [-0.2, 0) is 0 Å². The predicted octanol–water partition coefficient (Wildman–Crippen LogP) is 3.43. The third kappa shape index (κ3) is 2.57. The Balaban J connectivity index is 1.96. The molecule has 2 aliphatic heterocycles. The first-order chi connectivity index (χ1) is 9.97. The highest BCUT2D eigenvalue weighted by molar-refractivity contribution is 9.09. The lowest BCUT2D eigenvalue weighted by Crippen LogP contribution is -2.47. The number of rotatable bonds is 2. The molecule has 1 aromatic carbocycles. The zero-order valence-electron chi connectivity index (χ0n) is 11.8. The predicted molar refractivity (Wildman–Crippen MR) is 82.8 cm³/mol. The van der Waals surface area contributed by atoms with E-state index >= 15 is 0 Å². The van der Waals surface area contributed by atoms with E-state index in [1.165, 1.54) is 6.07 Å². The van der Waals surface area contributed by atoms with Crippen molar-refractivity contribution < 1.29 is 9.72 Å². The zero-order valence-corrected chi connectivity index (χ0v) is 13.4. The minimum atomic E-state index is -0.466. The molecule has 0 spiro atoms. The summed E-state index contributed by atoms with van der Waals surface area (Å²) < 4.78 is 0. The average Bonchev–Trinajstić information content (AvgIpc) is 2.69. The van der Waals surface area contributed by atoms with Gasteiger partial charge < -0.3 is 4.90 Å². The van der Waals surface area contributed by atoms with Gasteiger partial charge in [-0.25, -0.2) is 0 Å². The normalized spacial score (nSPS) is 27.7. The van der Waals surface area contributed by atoms with E-state index in [0.29, 0.717) is 4.83 Å². The Morgan fingerprint density at radius 3 is 2.52 bits per heavy atom. The van der Waals surface area contributed by atoms with E-state index in [2.05, 4.69) is 15.9 Å². The minimum absolute atomic E-state index is 0.0917. The van der Waals surface area contributed by atoms with Crippen LogP contribution in [0.5, 0.6) is 0 Å². The number of benzene rings is 1. The Morgan fingerprint density at radius 2 is 1.95 bits per heavy atom. The van der Waals surface area contributed by atoms with Gasteiger partial charge in [0.2, 0.25) is 0 Å². The van der Waals surface area contributed by atoms with Gasteiger partial charge in [-0.3, -0.25) is 14.9 Å². The maximum Gasteiger partial charge on any atom is 0.282 e. The first kappa shape index (κ1) is 14.5. The van der Waals surface area contributed by atoms with Gasteiger partial charge in [-0.15, -0.1) is 0 Å². The molecule has 6 heteroatoms. The summed E-state index contributed by atoms with van der Waals surface area (Å²) in [5.41, 5.74) is 1.00. The molecule has 0 N–H and O–H groups in total. The lowest BCUT2D eigenvalue weighted by molar-refractivity contribution is -0.385. The van der Waals surface area contributed by atoms with E-state index in [0.717, 1.165) is 31.2 Å². The zero-order chi connectivity index (χ0) is 15.1. The van der Waals surface area contributed by atoms with Crippen molar-refractivity contribution in [1.29, 1.82) is 0 Å². The summed E-state index contributed by atoms with van der Waals surface area (Å²) in [4.78, 5) is 25.9. The molecule has 2 bridgehead atoms. The van der Waals surface area contributed by atoms with Gasteiger partial charge in [0.1, 0.15) is 5.56 Å². The molecule has 5 nitrogen and oxygen atoms in total. The molecule has 0 aromatic heterocycles.